The molecule has 1 fully saturated rings. The molecular formula is C15H20N2O3S. The van der Waals surface area contributed by atoms with Gasteiger partial charge < -0.3 is 5.11 Å². The summed E-state index contributed by atoms with van der Waals surface area (Å²) < 4.78 is 27.6. The first kappa shape index (κ1) is 16.0. The van der Waals surface area contributed by atoms with Gasteiger partial charge in [-0.2, -0.15) is 17.0 Å². The molecule has 0 unspecified atom stereocenters. The van der Waals surface area contributed by atoms with Gasteiger partial charge in [0.15, 0.2) is 0 Å². The number of rotatable bonds is 4. The van der Waals surface area contributed by atoms with Crippen LogP contribution in [0.5, 0.6) is 0 Å². The zero-order valence-corrected chi connectivity index (χ0v) is 12.9. The molecule has 0 aliphatic carbocycles. The van der Waals surface area contributed by atoms with Gasteiger partial charge in [0.05, 0.1) is 0 Å². The summed E-state index contributed by atoms with van der Waals surface area (Å²) in [6.07, 6.45) is 1.87. The molecule has 0 atom stereocenters. The zero-order valence-electron chi connectivity index (χ0n) is 12.1. The van der Waals surface area contributed by atoms with Crippen LogP contribution in [0, 0.1) is 11.8 Å². The Morgan fingerprint density at radius 2 is 1.86 bits per heavy atom. The lowest BCUT2D eigenvalue weighted by Gasteiger charge is -2.23. The molecule has 2 rings (SSSR count). The largest absolute Gasteiger partial charge is 0.384 e. The maximum Gasteiger partial charge on any atom is 0.282 e. The van der Waals surface area contributed by atoms with E-state index in [9.17, 15) is 8.42 Å². The summed E-state index contributed by atoms with van der Waals surface area (Å²) in [5, 5.41) is 8.64. The van der Waals surface area contributed by atoms with E-state index in [1.807, 2.05) is 24.3 Å². The number of aliphatic hydroxyl groups is 1. The van der Waals surface area contributed by atoms with E-state index < -0.39 is 10.2 Å². The van der Waals surface area contributed by atoms with Crippen molar-refractivity contribution in [2.75, 3.05) is 26.7 Å². The molecule has 21 heavy (non-hydrogen) atoms. The fraction of sp³-hybridized carbons (Fsp3) is 0.467. The lowest BCUT2D eigenvalue weighted by Crippen LogP contribution is -2.39. The maximum atomic E-state index is 12.3. The first-order valence-corrected chi connectivity index (χ1v) is 8.34. The van der Waals surface area contributed by atoms with Crippen LogP contribution in [0.15, 0.2) is 24.3 Å². The Balaban J connectivity index is 2.03. The number of hydrogen-bond acceptors (Lipinski definition) is 3. The molecule has 1 aromatic carbocycles. The summed E-state index contributed by atoms with van der Waals surface area (Å²) in [4.78, 5) is 0. The molecule has 1 aromatic rings. The van der Waals surface area contributed by atoms with E-state index >= 15 is 0 Å². The quantitative estimate of drug-likeness (QED) is 0.837. The van der Waals surface area contributed by atoms with E-state index in [1.165, 1.54) is 8.61 Å². The lowest BCUT2D eigenvalue weighted by molar-refractivity contribution is 0.350. The van der Waals surface area contributed by atoms with Crippen LogP contribution < -0.4 is 0 Å². The normalized spacial score (nSPS) is 16.0. The number of benzene rings is 1. The van der Waals surface area contributed by atoms with Crippen LogP contribution in [-0.2, 0) is 16.8 Å². The topological polar surface area (TPSA) is 60.9 Å². The van der Waals surface area contributed by atoms with Gasteiger partial charge in [0.1, 0.15) is 6.61 Å². The first-order chi connectivity index (χ1) is 10.0. The molecule has 1 heterocycles. The number of nitrogens with zero attached hydrogens (tertiary/aromatic N) is 2. The number of aliphatic hydroxyl groups excluding tert-OH is 1. The molecular weight excluding hydrogens is 288 g/mol. The highest BCUT2D eigenvalue weighted by Crippen LogP contribution is 2.17. The molecule has 0 radical (unpaired) electrons. The Labute approximate surface area is 126 Å². The third-order valence-electron chi connectivity index (χ3n) is 3.46. The van der Waals surface area contributed by atoms with Crippen LogP contribution in [0.3, 0.4) is 0 Å². The van der Waals surface area contributed by atoms with Crippen molar-refractivity contribution in [3.8, 4) is 11.8 Å². The van der Waals surface area contributed by atoms with Crippen molar-refractivity contribution in [1.82, 2.24) is 8.61 Å². The lowest BCUT2D eigenvalue weighted by atomic mass is 10.1. The molecule has 0 saturated carbocycles. The summed E-state index contributed by atoms with van der Waals surface area (Å²) in [6, 6.07) is 7.37. The van der Waals surface area contributed by atoms with E-state index in [4.69, 9.17) is 5.11 Å². The highest BCUT2D eigenvalue weighted by atomic mass is 32.2. The SMILES string of the molecule is CN(Cc1ccc(C#CCO)cc1)S(=O)(=O)N1CCCC1. The van der Waals surface area contributed by atoms with Gasteiger partial charge in [-0.1, -0.05) is 24.0 Å². The number of hydrogen-bond donors (Lipinski definition) is 1. The van der Waals surface area contributed by atoms with Gasteiger partial charge in [-0.25, -0.2) is 0 Å². The van der Waals surface area contributed by atoms with Crippen molar-refractivity contribution in [1.29, 1.82) is 0 Å². The van der Waals surface area contributed by atoms with E-state index in [1.54, 1.807) is 7.05 Å². The molecule has 0 spiro atoms. The monoisotopic (exact) mass is 308 g/mol. The molecule has 5 nitrogen and oxygen atoms in total. The Morgan fingerprint density at radius 3 is 2.43 bits per heavy atom. The Kier molecular flexibility index (Phi) is 5.37. The molecule has 1 N–H and O–H groups in total. The predicted octanol–water partition coefficient (Wildman–Crippen LogP) is 0.803. The van der Waals surface area contributed by atoms with Crippen LogP contribution in [-0.4, -0.2) is 48.9 Å². The molecule has 114 valence electrons. The fourth-order valence-corrected chi connectivity index (χ4v) is 3.72. The smallest absolute Gasteiger partial charge is 0.282 e. The average Bonchev–Trinajstić information content (AvgIpc) is 3.01. The minimum absolute atomic E-state index is 0.168. The molecule has 0 aromatic heterocycles. The van der Waals surface area contributed by atoms with Gasteiger partial charge in [-0.3, -0.25) is 0 Å². The molecule has 1 aliphatic heterocycles. The summed E-state index contributed by atoms with van der Waals surface area (Å²) in [5.74, 6) is 5.39. The third-order valence-corrected chi connectivity index (χ3v) is 5.39. The van der Waals surface area contributed by atoms with Gasteiger partial charge in [0, 0.05) is 32.2 Å². The van der Waals surface area contributed by atoms with E-state index in [2.05, 4.69) is 11.8 Å². The average molecular weight is 308 g/mol. The van der Waals surface area contributed by atoms with Crippen molar-refractivity contribution >= 4 is 10.2 Å². The molecule has 0 bridgehead atoms. The highest BCUT2D eigenvalue weighted by Gasteiger charge is 2.29. The fourth-order valence-electron chi connectivity index (χ4n) is 2.29. The van der Waals surface area contributed by atoms with Crippen molar-refractivity contribution < 1.29 is 13.5 Å². The zero-order chi connectivity index (χ0) is 15.3. The second-order valence-corrected chi connectivity index (χ2v) is 7.06. The van der Waals surface area contributed by atoms with Gasteiger partial charge in [0.25, 0.3) is 10.2 Å². The summed E-state index contributed by atoms with van der Waals surface area (Å²) >= 11 is 0. The van der Waals surface area contributed by atoms with Crippen LogP contribution in [0.4, 0.5) is 0 Å². The van der Waals surface area contributed by atoms with E-state index in [0.29, 0.717) is 19.6 Å². The van der Waals surface area contributed by atoms with Gasteiger partial charge in [-0.15, -0.1) is 0 Å². The van der Waals surface area contributed by atoms with Gasteiger partial charge in [0.2, 0.25) is 0 Å². The van der Waals surface area contributed by atoms with Crippen LogP contribution in [0.1, 0.15) is 24.0 Å². The third kappa shape index (κ3) is 4.05. The first-order valence-electron chi connectivity index (χ1n) is 6.94. The van der Waals surface area contributed by atoms with E-state index in [-0.39, 0.29) is 6.61 Å². The predicted molar refractivity (Wildman–Crippen MR) is 81.6 cm³/mol. The van der Waals surface area contributed by atoms with Gasteiger partial charge in [-0.05, 0) is 30.5 Å². The standard InChI is InChI=1S/C15H20N2O3S/c1-16(21(19,20)17-10-2-3-11-17)13-15-8-6-14(7-9-15)5-4-12-18/h6-9,18H,2-3,10-13H2,1H3. The second-order valence-electron chi connectivity index (χ2n) is 5.03. The van der Waals surface area contributed by atoms with Crippen molar-refractivity contribution in [2.45, 2.75) is 19.4 Å². The minimum atomic E-state index is -3.36. The van der Waals surface area contributed by atoms with Crippen LogP contribution in [0.2, 0.25) is 0 Å². The molecule has 1 aliphatic rings. The second kappa shape index (κ2) is 7.05. The highest BCUT2D eigenvalue weighted by molar-refractivity contribution is 7.86. The molecule has 0 amide bonds. The van der Waals surface area contributed by atoms with E-state index in [0.717, 1.165) is 24.0 Å². The summed E-state index contributed by atoms with van der Waals surface area (Å²) in [7, 11) is -1.75. The van der Waals surface area contributed by atoms with Crippen LogP contribution in [0.25, 0.3) is 0 Å². The molecule has 6 heteroatoms. The van der Waals surface area contributed by atoms with Crippen molar-refractivity contribution in [3.05, 3.63) is 35.4 Å². The van der Waals surface area contributed by atoms with Crippen molar-refractivity contribution in [2.24, 2.45) is 0 Å². The Bertz CT molecular complexity index is 623. The maximum absolute atomic E-state index is 12.3. The Morgan fingerprint density at radius 1 is 1.24 bits per heavy atom. The summed E-state index contributed by atoms with van der Waals surface area (Å²) in [5.41, 5.74) is 1.72. The molecule has 1 saturated heterocycles. The van der Waals surface area contributed by atoms with Crippen molar-refractivity contribution in [3.63, 3.8) is 0 Å². The Hall–Kier alpha value is -1.39. The van der Waals surface area contributed by atoms with Crippen LogP contribution >= 0.6 is 0 Å². The minimum Gasteiger partial charge on any atom is -0.384 e. The van der Waals surface area contributed by atoms with Gasteiger partial charge >= 0.3 is 0 Å². The summed E-state index contributed by atoms with van der Waals surface area (Å²) in [6.45, 7) is 1.40.